The van der Waals surface area contributed by atoms with E-state index < -0.39 is 0 Å². The minimum Gasteiger partial charge on any atom is -0.462 e. The lowest BCUT2D eigenvalue weighted by molar-refractivity contribution is 0.0499. The largest absolute Gasteiger partial charge is 0.462 e. The maximum Gasteiger partial charge on any atom is 0.339 e. The summed E-state index contributed by atoms with van der Waals surface area (Å²) in [6, 6.07) is 9.52. The molecule has 2 rings (SSSR count). The molecule has 3 nitrogen and oxygen atoms in total. The number of hydrogen-bond acceptors (Lipinski definition) is 3. The SMILES string of the molecule is CCCCOC(=O)c1cnc2ccccc2c1. The van der Waals surface area contributed by atoms with Gasteiger partial charge < -0.3 is 4.74 Å². The maximum absolute atomic E-state index is 11.7. The predicted octanol–water partition coefficient (Wildman–Crippen LogP) is 3.19. The Morgan fingerprint density at radius 1 is 1.35 bits per heavy atom. The van der Waals surface area contributed by atoms with Crippen LogP contribution in [0.25, 0.3) is 10.9 Å². The van der Waals surface area contributed by atoms with E-state index in [-0.39, 0.29) is 5.97 Å². The molecular formula is C14H15NO2. The van der Waals surface area contributed by atoms with Crippen molar-refractivity contribution in [1.82, 2.24) is 4.98 Å². The lowest BCUT2D eigenvalue weighted by Crippen LogP contribution is -2.06. The minimum atomic E-state index is -0.295. The molecule has 0 saturated heterocycles. The van der Waals surface area contributed by atoms with Crippen LogP contribution in [0.5, 0.6) is 0 Å². The molecule has 0 spiro atoms. The lowest BCUT2D eigenvalue weighted by atomic mass is 10.1. The fourth-order valence-electron chi connectivity index (χ4n) is 1.58. The van der Waals surface area contributed by atoms with Crippen molar-refractivity contribution >= 4 is 16.9 Å². The Hall–Kier alpha value is -1.90. The summed E-state index contributed by atoms with van der Waals surface area (Å²) in [5, 5.41) is 0.956. The molecule has 0 fully saturated rings. The van der Waals surface area contributed by atoms with Crippen molar-refractivity contribution in [3.05, 3.63) is 42.1 Å². The molecule has 0 bridgehead atoms. The number of pyridine rings is 1. The van der Waals surface area contributed by atoms with Crippen molar-refractivity contribution in [3.63, 3.8) is 0 Å². The molecule has 0 unspecified atom stereocenters. The summed E-state index contributed by atoms with van der Waals surface area (Å²) in [6.45, 7) is 2.54. The van der Waals surface area contributed by atoms with Gasteiger partial charge >= 0.3 is 5.97 Å². The number of hydrogen-bond donors (Lipinski definition) is 0. The molecule has 0 amide bonds. The predicted molar refractivity (Wildman–Crippen MR) is 66.9 cm³/mol. The minimum absolute atomic E-state index is 0.295. The topological polar surface area (TPSA) is 39.2 Å². The van der Waals surface area contributed by atoms with Crippen molar-refractivity contribution in [3.8, 4) is 0 Å². The summed E-state index contributed by atoms with van der Waals surface area (Å²) in [5.41, 5.74) is 1.40. The molecule has 2 aromatic rings. The quantitative estimate of drug-likeness (QED) is 0.597. The van der Waals surface area contributed by atoms with Gasteiger partial charge in [0.25, 0.3) is 0 Å². The highest BCUT2D eigenvalue weighted by atomic mass is 16.5. The third kappa shape index (κ3) is 2.81. The molecule has 1 aromatic heterocycles. The van der Waals surface area contributed by atoms with Crippen molar-refractivity contribution < 1.29 is 9.53 Å². The van der Waals surface area contributed by atoms with Gasteiger partial charge in [0.1, 0.15) is 0 Å². The van der Waals surface area contributed by atoms with E-state index in [1.54, 1.807) is 6.20 Å². The first-order valence-electron chi connectivity index (χ1n) is 5.83. The van der Waals surface area contributed by atoms with E-state index in [4.69, 9.17) is 4.74 Å². The molecule has 88 valence electrons. The second-order valence-electron chi connectivity index (χ2n) is 3.91. The Morgan fingerprint density at radius 3 is 3.00 bits per heavy atom. The number of carbonyl (C=O) groups excluding carboxylic acids is 1. The van der Waals surface area contributed by atoms with Gasteiger partial charge in [0, 0.05) is 11.6 Å². The third-order valence-electron chi connectivity index (χ3n) is 2.56. The average Bonchev–Trinajstić information content (AvgIpc) is 2.38. The van der Waals surface area contributed by atoms with Gasteiger partial charge in [-0.1, -0.05) is 31.5 Å². The number of nitrogens with zero attached hydrogens (tertiary/aromatic N) is 1. The first-order valence-corrected chi connectivity index (χ1v) is 5.83. The Morgan fingerprint density at radius 2 is 2.18 bits per heavy atom. The number of carbonyl (C=O) groups is 1. The van der Waals surface area contributed by atoms with Crippen LogP contribution in [0.1, 0.15) is 30.1 Å². The molecule has 0 saturated carbocycles. The zero-order chi connectivity index (χ0) is 12.1. The van der Waals surface area contributed by atoms with E-state index in [9.17, 15) is 4.79 Å². The van der Waals surface area contributed by atoms with Crippen molar-refractivity contribution in [2.24, 2.45) is 0 Å². The molecule has 0 radical (unpaired) electrons. The number of fused-ring (bicyclic) bond motifs is 1. The van der Waals surface area contributed by atoms with Crippen LogP contribution in [0.2, 0.25) is 0 Å². The van der Waals surface area contributed by atoms with E-state index in [0.717, 1.165) is 23.7 Å². The summed E-state index contributed by atoms with van der Waals surface area (Å²) < 4.78 is 5.14. The van der Waals surface area contributed by atoms with Crippen LogP contribution >= 0.6 is 0 Å². The van der Waals surface area contributed by atoms with Crippen molar-refractivity contribution in [2.75, 3.05) is 6.61 Å². The zero-order valence-corrected chi connectivity index (χ0v) is 9.85. The van der Waals surface area contributed by atoms with Crippen LogP contribution in [0.3, 0.4) is 0 Å². The number of para-hydroxylation sites is 1. The number of ether oxygens (including phenoxy) is 1. The van der Waals surface area contributed by atoms with Crippen LogP contribution in [0.15, 0.2) is 36.5 Å². The fourth-order valence-corrected chi connectivity index (χ4v) is 1.58. The normalized spacial score (nSPS) is 10.4. The smallest absolute Gasteiger partial charge is 0.339 e. The van der Waals surface area contributed by atoms with E-state index >= 15 is 0 Å². The standard InChI is InChI=1S/C14H15NO2/c1-2-3-8-17-14(16)12-9-11-6-4-5-7-13(11)15-10-12/h4-7,9-10H,2-3,8H2,1H3. The Balaban J connectivity index is 2.15. The molecular weight excluding hydrogens is 214 g/mol. The van der Waals surface area contributed by atoms with Gasteiger partial charge in [0.2, 0.25) is 0 Å². The van der Waals surface area contributed by atoms with Crippen LogP contribution in [-0.4, -0.2) is 17.6 Å². The summed E-state index contributed by atoms with van der Waals surface area (Å²) in [4.78, 5) is 15.9. The van der Waals surface area contributed by atoms with Crippen molar-refractivity contribution in [1.29, 1.82) is 0 Å². The summed E-state index contributed by atoms with van der Waals surface area (Å²) in [5.74, 6) is -0.295. The van der Waals surface area contributed by atoms with Gasteiger partial charge in [-0.05, 0) is 18.6 Å². The Bertz CT molecular complexity index is 522. The summed E-state index contributed by atoms with van der Waals surface area (Å²) >= 11 is 0. The van der Waals surface area contributed by atoms with Gasteiger partial charge in [-0.3, -0.25) is 4.98 Å². The highest BCUT2D eigenvalue weighted by Crippen LogP contribution is 2.13. The molecule has 0 atom stereocenters. The Kier molecular flexibility index (Phi) is 3.70. The van der Waals surface area contributed by atoms with Crippen LogP contribution < -0.4 is 0 Å². The second-order valence-corrected chi connectivity index (χ2v) is 3.91. The first-order chi connectivity index (χ1) is 8.31. The van der Waals surface area contributed by atoms with Gasteiger partial charge in [0.05, 0.1) is 17.7 Å². The number of aromatic nitrogens is 1. The highest BCUT2D eigenvalue weighted by molar-refractivity contribution is 5.93. The van der Waals surface area contributed by atoms with Crippen molar-refractivity contribution in [2.45, 2.75) is 19.8 Å². The second kappa shape index (κ2) is 5.43. The molecule has 3 heteroatoms. The summed E-state index contributed by atoms with van der Waals surface area (Å²) in [7, 11) is 0. The Labute approximate surface area is 100 Å². The van der Waals surface area contributed by atoms with Gasteiger partial charge in [-0.15, -0.1) is 0 Å². The van der Waals surface area contributed by atoms with E-state index in [2.05, 4.69) is 11.9 Å². The maximum atomic E-state index is 11.7. The highest BCUT2D eigenvalue weighted by Gasteiger charge is 2.07. The van der Waals surface area contributed by atoms with Crippen LogP contribution in [-0.2, 0) is 4.74 Å². The fraction of sp³-hybridized carbons (Fsp3) is 0.286. The average molecular weight is 229 g/mol. The monoisotopic (exact) mass is 229 g/mol. The molecule has 0 aliphatic carbocycles. The summed E-state index contributed by atoms with van der Waals surface area (Å²) in [6.07, 6.45) is 3.48. The molecule has 0 aliphatic rings. The van der Waals surface area contributed by atoms with Gasteiger partial charge in [0.15, 0.2) is 0 Å². The first kappa shape index (κ1) is 11.6. The van der Waals surface area contributed by atoms with Crippen LogP contribution in [0.4, 0.5) is 0 Å². The van der Waals surface area contributed by atoms with E-state index in [1.807, 2.05) is 30.3 Å². The number of unbranched alkanes of at least 4 members (excludes halogenated alkanes) is 1. The third-order valence-corrected chi connectivity index (χ3v) is 2.56. The zero-order valence-electron chi connectivity index (χ0n) is 9.85. The number of esters is 1. The molecule has 17 heavy (non-hydrogen) atoms. The van der Waals surface area contributed by atoms with Crippen LogP contribution in [0, 0.1) is 0 Å². The van der Waals surface area contributed by atoms with E-state index in [0.29, 0.717) is 12.2 Å². The molecule has 0 aliphatic heterocycles. The number of benzene rings is 1. The lowest BCUT2D eigenvalue weighted by Gasteiger charge is -2.04. The number of rotatable bonds is 4. The molecule has 0 N–H and O–H groups in total. The van der Waals surface area contributed by atoms with Gasteiger partial charge in [-0.2, -0.15) is 0 Å². The molecule has 1 aromatic carbocycles. The van der Waals surface area contributed by atoms with Gasteiger partial charge in [-0.25, -0.2) is 4.79 Å². The molecule has 1 heterocycles. The van der Waals surface area contributed by atoms with E-state index in [1.165, 1.54) is 0 Å².